The van der Waals surface area contributed by atoms with E-state index >= 15 is 0 Å². The summed E-state index contributed by atoms with van der Waals surface area (Å²) in [5.41, 5.74) is 1.04. The first kappa shape index (κ1) is 15.7. The fourth-order valence-corrected chi connectivity index (χ4v) is 2.20. The Morgan fingerprint density at radius 2 is 2.14 bits per heavy atom. The zero-order valence-electron chi connectivity index (χ0n) is 12.4. The third-order valence-electron chi connectivity index (χ3n) is 3.33. The lowest BCUT2D eigenvalue weighted by molar-refractivity contribution is -0.143. The van der Waals surface area contributed by atoms with Gasteiger partial charge in [-0.25, -0.2) is 4.79 Å². The lowest BCUT2D eigenvalue weighted by Crippen LogP contribution is -2.41. The van der Waals surface area contributed by atoms with Crippen molar-refractivity contribution in [2.45, 2.75) is 18.9 Å². The Balaban J connectivity index is 2.25. The van der Waals surface area contributed by atoms with Gasteiger partial charge in [0.1, 0.15) is 6.04 Å². The van der Waals surface area contributed by atoms with Crippen LogP contribution in [0.3, 0.4) is 0 Å². The Morgan fingerprint density at radius 3 is 2.86 bits per heavy atom. The molecule has 0 spiro atoms. The van der Waals surface area contributed by atoms with E-state index in [0.29, 0.717) is 23.9 Å². The van der Waals surface area contributed by atoms with Gasteiger partial charge in [-0.05, 0) is 25.0 Å². The quantitative estimate of drug-likeness (QED) is 0.657. The monoisotopic (exact) mass is 298 g/mol. The number of ether oxygens (including phenoxy) is 1. The van der Waals surface area contributed by atoms with Crippen LogP contribution in [0.1, 0.15) is 23.2 Å². The van der Waals surface area contributed by atoms with Gasteiger partial charge in [0.05, 0.1) is 18.2 Å². The van der Waals surface area contributed by atoms with Crippen LogP contribution in [0.25, 0.3) is 10.9 Å². The van der Waals surface area contributed by atoms with Gasteiger partial charge in [0.25, 0.3) is 5.91 Å². The molecule has 1 aromatic heterocycles. The molecular formula is C17H18N2O3. The number of allylic oxidation sites excluding steroid dienone is 1. The van der Waals surface area contributed by atoms with Gasteiger partial charge < -0.3 is 10.1 Å². The van der Waals surface area contributed by atoms with Crippen molar-refractivity contribution < 1.29 is 14.3 Å². The number of rotatable bonds is 6. The van der Waals surface area contributed by atoms with Crippen LogP contribution in [0.4, 0.5) is 0 Å². The first-order chi connectivity index (χ1) is 10.7. The molecule has 1 amide bonds. The van der Waals surface area contributed by atoms with Crippen LogP contribution in [-0.4, -0.2) is 30.0 Å². The molecule has 0 bridgehead atoms. The maximum absolute atomic E-state index is 12.5. The topological polar surface area (TPSA) is 68.3 Å². The number of carbonyl (C=O) groups is 2. The molecule has 1 N–H and O–H groups in total. The highest BCUT2D eigenvalue weighted by Crippen LogP contribution is 2.16. The summed E-state index contributed by atoms with van der Waals surface area (Å²) in [6.45, 7) is 3.62. The van der Waals surface area contributed by atoms with Gasteiger partial charge in [0.15, 0.2) is 0 Å². The SMILES string of the molecule is C=CCC[C@@H](NC(=O)c1cccc2cccnc12)C(=O)OC. The molecule has 1 heterocycles. The zero-order valence-corrected chi connectivity index (χ0v) is 12.4. The van der Waals surface area contributed by atoms with Crippen LogP contribution in [-0.2, 0) is 9.53 Å². The van der Waals surface area contributed by atoms with Gasteiger partial charge in [0, 0.05) is 11.6 Å². The Morgan fingerprint density at radius 1 is 1.36 bits per heavy atom. The van der Waals surface area contributed by atoms with Crippen LogP contribution in [0.2, 0.25) is 0 Å². The van der Waals surface area contributed by atoms with Gasteiger partial charge in [-0.3, -0.25) is 9.78 Å². The molecule has 5 heteroatoms. The minimum atomic E-state index is -0.700. The summed E-state index contributed by atoms with van der Waals surface area (Å²) in [7, 11) is 1.30. The number of pyridine rings is 1. The highest BCUT2D eigenvalue weighted by atomic mass is 16.5. The predicted octanol–water partition coefficient (Wildman–Crippen LogP) is 2.47. The minimum absolute atomic E-state index is 0.344. The molecule has 0 fully saturated rings. The number of hydrogen-bond donors (Lipinski definition) is 1. The second kappa shape index (κ2) is 7.36. The van der Waals surface area contributed by atoms with E-state index < -0.39 is 12.0 Å². The van der Waals surface area contributed by atoms with Crippen molar-refractivity contribution in [2.24, 2.45) is 0 Å². The molecule has 2 rings (SSSR count). The van der Waals surface area contributed by atoms with Gasteiger partial charge in [-0.2, -0.15) is 0 Å². The number of nitrogens with zero attached hydrogens (tertiary/aromatic N) is 1. The zero-order chi connectivity index (χ0) is 15.9. The molecule has 22 heavy (non-hydrogen) atoms. The summed E-state index contributed by atoms with van der Waals surface area (Å²) >= 11 is 0. The fourth-order valence-electron chi connectivity index (χ4n) is 2.20. The third-order valence-corrected chi connectivity index (χ3v) is 3.33. The number of benzene rings is 1. The maximum Gasteiger partial charge on any atom is 0.328 e. The van der Waals surface area contributed by atoms with E-state index in [2.05, 4.69) is 16.9 Å². The van der Waals surface area contributed by atoms with Crippen LogP contribution < -0.4 is 5.32 Å². The molecule has 2 aromatic rings. The van der Waals surface area contributed by atoms with Gasteiger partial charge in [0.2, 0.25) is 0 Å². The molecule has 114 valence electrons. The maximum atomic E-state index is 12.5. The molecule has 0 unspecified atom stereocenters. The summed E-state index contributed by atoms with van der Waals surface area (Å²) in [6, 6.07) is 8.35. The number of fused-ring (bicyclic) bond motifs is 1. The van der Waals surface area contributed by atoms with Crippen molar-refractivity contribution in [1.29, 1.82) is 0 Å². The van der Waals surface area contributed by atoms with Crippen LogP contribution in [0.15, 0.2) is 49.2 Å². The smallest absolute Gasteiger partial charge is 0.328 e. The average molecular weight is 298 g/mol. The molecule has 5 nitrogen and oxygen atoms in total. The normalized spacial score (nSPS) is 11.7. The van der Waals surface area contributed by atoms with Crippen molar-refractivity contribution in [2.75, 3.05) is 7.11 Å². The van der Waals surface area contributed by atoms with Crippen LogP contribution >= 0.6 is 0 Å². The molecule has 0 radical (unpaired) electrons. The first-order valence-corrected chi connectivity index (χ1v) is 7.00. The minimum Gasteiger partial charge on any atom is -0.467 e. The molecule has 0 aliphatic carbocycles. The van der Waals surface area contributed by atoms with Crippen molar-refractivity contribution in [3.63, 3.8) is 0 Å². The number of hydrogen-bond acceptors (Lipinski definition) is 4. The van der Waals surface area contributed by atoms with Crippen molar-refractivity contribution in [3.05, 3.63) is 54.7 Å². The Kier molecular flexibility index (Phi) is 5.25. The Labute approximate surface area is 129 Å². The number of carbonyl (C=O) groups excluding carboxylic acids is 2. The number of methoxy groups -OCH3 is 1. The van der Waals surface area contributed by atoms with E-state index in [0.717, 1.165) is 5.39 Å². The highest BCUT2D eigenvalue weighted by Gasteiger charge is 2.22. The molecule has 0 aliphatic heterocycles. The molecule has 0 aliphatic rings. The fraction of sp³-hybridized carbons (Fsp3) is 0.235. The molecule has 0 saturated carbocycles. The van der Waals surface area contributed by atoms with Crippen molar-refractivity contribution in [3.8, 4) is 0 Å². The Bertz CT molecular complexity index is 692. The van der Waals surface area contributed by atoms with E-state index in [1.807, 2.05) is 18.2 Å². The first-order valence-electron chi connectivity index (χ1n) is 7.00. The molecular weight excluding hydrogens is 280 g/mol. The average Bonchev–Trinajstić information content (AvgIpc) is 2.57. The van der Waals surface area contributed by atoms with Crippen LogP contribution in [0.5, 0.6) is 0 Å². The van der Waals surface area contributed by atoms with E-state index in [-0.39, 0.29) is 5.91 Å². The van der Waals surface area contributed by atoms with Crippen LogP contribution in [0, 0.1) is 0 Å². The van der Waals surface area contributed by atoms with Crippen molar-refractivity contribution in [1.82, 2.24) is 10.3 Å². The lowest BCUT2D eigenvalue weighted by Gasteiger charge is -2.16. The van der Waals surface area contributed by atoms with Crippen molar-refractivity contribution >= 4 is 22.8 Å². The largest absolute Gasteiger partial charge is 0.467 e. The van der Waals surface area contributed by atoms with Gasteiger partial charge >= 0.3 is 5.97 Å². The third kappa shape index (κ3) is 3.49. The summed E-state index contributed by atoms with van der Waals surface area (Å²) in [4.78, 5) is 28.5. The summed E-state index contributed by atoms with van der Waals surface area (Å²) in [6.07, 6.45) is 4.38. The highest BCUT2D eigenvalue weighted by molar-refractivity contribution is 6.06. The van der Waals surface area contributed by atoms with E-state index in [1.165, 1.54) is 7.11 Å². The summed E-state index contributed by atoms with van der Waals surface area (Å²) < 4.78 is 4.73. The molecule has 1 aromatic carbocycles. The number of aromatic nitrogens is 1. The second-order valence-electron chi connectivity index (χ2n) is 4.80. The standard InChI is InChI=1S/C17H18N2O3/c1-3-4-10-14(17(21)22-2)19-16(20)13-9-5-7-12-8-6-11-18-15(12)13/h3,5-9,11,14H,1,4,10H2,2H3,(H,19,20)/t14-/m1/s1. The Hall–Kier alpha value is -2.69. The molecule has 0 saturated heterocycles. The van der Waals surface area contributed by atoms with E-state index in [4.69, 9.17) is 4.74 Å². The number of amides is 1. The number of nitrogens with one attached hydrogen (secondary N) is 1. The predicted molar refractivity (Wildman–Crippen MR) is 84.4 cm³/mol. The second-order valence-corrected chi connectivity index (χ2v) is 4.80. The van der Waals surface area contributed by atoms with E-state index in [1.54, 1.807) is 24.4 Å². The summed E-state index contributed by atoms with van der Waals surface area (Å²) in [5, 5.41) is 3.58. The number of esters is 1. The van der Waals surface area contributed by atoms with Gasteiger partial charge in [-0.15, -0.1) is 6.58 Å². The summed E-state index contributed by atoms with van der Waals surface area (Å²) in [5.74, 6) is -0.813. The van der Waals surface area contributed by atoms with Gasteiger partial charge in [-0.1, -0.05) is 24.3 Å². The molecule has 1 atom stereocenters. The number of para-hydroxylation sites is 1. The lowest BCUT2D eigenvalue weighted by atomic mass is 10.1. The van der Waals surface area contributed by atoms with E-state index in [9.17, 15) is 9.59 Å².